The van der Waals surface area contributed by atoms with E-state index in [0.29, 0.717) is 15.8 Å². The van der Waals surface area contributed by atoms with Crippen LogP contribution in [0, 0.1) is 11.7 Å². The minimum atomic E-state index is -0.199. The minimum absolute atomic E-state index is 0.199. The molecular formula is C8H7N3OS. The highest BCUT2D eigenvalue weighted by Gasteiger charge is 1.99. The zero-order valence-corrected chi connectivity index (χ0v) is 7.73. The van der Waals surface area contributed by atoms with Crippen molar-refractivity contribution in [3.8, 4) is 0 Å². The molecule has 0 radical (unpaired) electrons. The Balaban J connectivity index is 3.04. The van der Waals surface area contributed by atoms with Gasteiger partial charge in [0.15, 0.2) is 4.77 Å². The molecule has 0 bridgehead atoms. The molecule has 0 atom stereocenters. The number of nitrogens with zero attached hydrogens (tertiary/aromatic N) is 1. The SMILES string of the molecule is Cc1cnc2[nH]c(=S)[nH]c(=O)c2c1. The molecule has 2 rings (SSSR count). The second-order valence-electron chi connectivity index (χ2n) is 2.82. The summed E-state index contributed by atoms with van der Waals surface area (Å²) in [6, 6.07) is 1.77. The quantitative estimate of drug-likeness (QED) is 0.620. The van der Waals surface area contributed by atoms with Gasteiger partial charge in [-0.15, -0.1) is 0 Å². The topological polar surface area (TPSA) is 61.5 Å². The molecular weight excluding hydrogens is 186 g/mol. The molecule has 0 saturated heterocycles. The number of hydrogen-bond donors (Lipinski definition) is 2. The van der Waals surface area contributed by atoms with Gasteiger partial charge in [-0.25, -0.2) is 4.98 Å². The van der Waals surface area contributed by atoms with Crippen LogP contribution in [0.1, 0.15) is 5.56 Å². The predicted octanol–water partition coefficient (Wildman–Crippen LogP) is 1.29. The van der Waals surface area contributed by atoms with E-state index in [-0.39, 0.29) is 5.56 Å². The Morgan fingerprint density at radius 1 is 1.46 bits per heavy atom. The van der Waals surface area contributed by atoms with Gasteiger partial charge in [-0.05, 0) is 30.8 Å². The van der Waals surface area contributed by atoms with Crippen LogP contribution < -0.4 is 5.56 Å². The number of nitrogens with one attached hydrogen (secondary N) is 2. The van der Waals surface area contributed by atoms with Crippen molar-refractivity contribution in [1.29, 1.82) is 0 Å². The fourth-order valence-electron chi connectivity index (χ4n) is 1.15. The molecule has 0 aliphatic carbocycles. The van der Waals surface area contributed by atoms with E-state index in [9.17, 15) is 4.79 Å². The molecule has 2 aromatic heterocycles. The van der Waals surface area contributed by atoms with Crippen LogP contribution in [0.25, 0.3) is 11.0 Å². The molecule has 0 amide bonds. The summed E-state index contributed by atoms with van der Waals surface area (Å²) < 4.78 is 0.300. The van der Waals surface area contributed by atoms with Gasteiger partial charge in [0.05, 0.1) is 5.39 Å². The molecule has 0 spiro atoms. The number of aromatic nitrogens is 3. The van der Waals surface area contributed by atoms with E-state index >= 15 is 0 Å². The van der Waals surface area contributed by atoms with Crippen molar-refractivity contribution in [2.24, 2.45) is 0 Å². The highest BCUT2D eigenvalue weighted by molar-refractivity contribution is 7.71. The van der Waals surface area contributed by atoms with Crippen LogP contribution in [0.15, 0.2) is 17.1 Å². The molecule has 0 aromatic carbocycles. The molecule has 66 valence electrons. The van der Waals surface area contributed by atoms with Gasteiger partial charge in [0.2, 0.25) is 0 Å². The lowest BCUT2D eigenvalue weighted by atomic mass is 10.2. The fourth-order valence-corrected chi connectivity index (χ4v) is 1.34. The zero-order chi connectivity index (χ0) is 9.42. The van der Waals surface area contributed by atoms with Crippen LogP contribution >= 0.6 is 12.2 Å². The minimum Gasteiger partial charge on any atom is -0.316 e. The first-order valence-corrected chi connectivity index (χ1v) is 4.16. The molecule has 5 heteroatoms. The monoisotopic (exact) mass is 193 g/mol. The molecule has 0 unspecified atom stereocenters. The average Bonchev–Trinajstić information content (AvgIpc) is 2.06. The van der Waals surface area contributed by atoms with Crippen molar-refractivity contribution in [3.05, 3.63) is 33.0 Å². The van der Waals surface area contributed by atoms with Crippen LogP contribution in [0.3, 0.4) is 0 Å². The van der Waals surface area contributed by atoms with Crippen molar-refractivity contribution < 1.29 is 0 Å². The third-order valence-electron chi connectivity index (χ3n) is 1.73. The van der Waals surface area contributed by atoms with Gasteiger partial charge in [0.25, 0.3) is 5.56 Å². The second kappa shape index (κ2) is 2.77. The highest BCUT2D eigenvalue weighted by atomic mass is 32.1. The third kappa shape index (κ3) is 1.38. The van der Waals surface area contributed by atoms with Crippen LogP contribution in [0.4, 0.5) is 0 Å². The lowest BCUT2D eigenvalue weighted by molar-refractivity contribution is 1.11. The summed E-state index contributed by atoms with van der Waals surface area (Å²) in [4.78, 5) is 20.7. The smallest absolute Gasteiger partial charge is 0.261 e. The number of pyridine rings is 1. The van der Waals surface area contributed by atoms with Gasteiger partial charge in [-0.3, -0.25) is 9.78 Å². The maximum Gasteiger partial charge on any atom is 0.261 e. The van der Waals surface area contributed by atoms with E-state index < -0.39 is 0 Å². The number of hydrogen-bond acceptors (Lipinski definition) is 3. The predicted molar refractivity (Wildman–Crippen MR) is 52.3 cm³/mol. The first kappa shape index (κ1) is 8.12. The van der Waals surface area contributed by atoms with Gasteiger partial charge >= 0.3 is 0 Å². The van der Waals surface area contributed by atoms with Crippen LogP contribution in [-0.4, -0.2) is 15.0 Å². The third-order valence-corrected chi connectivity index (χ3v) is 1.93. The summed E-state index contributed by atoms with van der Waals surface area (Å²) in [6.45, 7) is 1.88. The molecule has 2 heterocycles. The number of fused-ring (bicyclic) bond motifs is 1. The molecule has 2 N–H and O–H groups in total. The zero-order valence-electron chi connectivity index (χ0n) is 6.92. The Labute approximate surface area is 78.7 Å². The molecule has 2 aromatic rings. The Kier molecular flexibility index (Phi) is 1.73. The van der Waals surface area contributed by atoms with E-state index in [0.717, 1.165) is 5.56 Å². The van der Waals surface area contributed by atoms with E-state index in [2.05, 4.69) is 15.0 Å². The number of rotatable bonds is 0. The number of H-pyrrole nitrogens is 2. The summed E-state index contributed by atoms with van der Waals surface area (Å²) in [5.41, 5.74) is 1.28. The van der Waals surface area contributed by atoms with Crippen LogP contribution in [0.2, 0.25) is 0 Å². The molecule has 0 aliphatic heterocycles. The van der Waals surface area contributed by atoms with Crippen molar-refractivity contribution in [1.82, 2.24) is 15.0 Å². The van der Waals surface area contributed by atoms with Gasteiger partial charge in [-0.1, -0.05) is 0 Å². The maximum absolute atomic E-state index is 11.4. The van der Waals surface area contributed by atoms with Gasteiger partial charge < -0.3 is 4.98 Å². The van der Waals surface area contributed by atoms with Crippen molar-refractivity contribution in [2.75, 3.05) is 0 Å². The first-order valence-electron chi connectivity index (χ1n) is 3.76. The van der Waals surface area contributed by atoms with E-state index in [4.69, 9.17) is 12.2 Å². The Morgan fingerprint density at radius 2 is 2.23 bits per heavy atom. The number of aryl methyl sites for hydroxylation is 1. The van der Waals surface area contributed by atoms with E-state index in [1.807, 2.05) is 6.92 Å². The van der Waals surface area contributed by atoms with Crippen LogP contribution in [-0.2, 0) is 0 Å². The van der Waals surface area contributed by atoms with Crippen molar-refractivity contribution >= 4 is 23.3 Å². The van der Waals surface area contributed by atoms with Gasteiger partial charge in [0, 0.05) is 6.20 Å². The second-order valence-corrected chi connectivity index (χ2v) is 3.23. The van der Waals surface area contributed by atoms with Gasteiger partial charge in [-0.2, -0.15) is 0 Å². The summed E-state index contributed by atoms with van der Waals surface area (Å²) in [7, 11) is 0. The average molecular weight is 193 g/mol. The Morgan fingerprint density at radius 3 is 3.00 bits per heavy atom. The Bertz CT molecular complexity index is 569. The summed E-state index contributed by atoms with van der Waals surface area (Å²) >= 11 is 4.81. The standard InChI is InChI=1S/C8H7N3OS/c1-4-2-5-6(9-3-4)10-8(13)11-7(5)12/h2-3H,1H3,(H2,9,10,11,12,13). The lowest BCUT2D eigenvalue weighted by Gasteiger charge is -1.96. The fraction of sp³-hybridized carbons (Fsp3) is 0.125. The maximum atomic E-state index is 11.4. The van der Waals surface area contributed by atoms with Crippen molar-refractivity contribution in [3.63, 3.8) is 0 Å². The van der Waals surface area contributed by atoms with E-state index in [1.165, 1.54) is 0 Å². The first-order chi connectivity index (χ1) is 6.16. The van der Waals surface area contributed by atoms with Crippen molar-refractivity contribution in [2.45, 2.75) is 6.92 Å². The molecule has 4 nitrogen and oxygen atoms in total. The molecule has 0 fully saturated rings. The number of aromatic amines is 2. The summed E-state index contributed by atoms with van der Waals surface area (Å²) in [6.07, 6.45) is 1.69. The largest absolute Gasteiger partial charge is 0.316 e. The molecule has 0 aliphatic rings. The van der Waals surface area contributed by atoms with Crippen LogP contribution in [0.5, 0.6) is 0 Å². The summed E-state index contributed by atoms with van der Waals surface area (Å²) in [5.74, 6) is 0. The summed E-state index contributed by atoms with van der Waals surface area (Å²) in [5, 5.41) is 0.536. The van der Waals surface area contributed by atoms with E-state index in [1.54, 1.807) is 12.3 Å². The molecule has 13 heavy (non-hydrogen) atoms. The lowest BCUT2D eigenvalue weighted by Crippen LogP contribution is -2.08. The van der Waals surface area contributed by atoms with Gasteiger partial charge in [0.1, 0.15) is 5.65 Å². The highest BCUT2D eigenvalue weighted by Crippen LogP contribution is 2.04. The Hall–Kier alpha value is -1.49. The molecule has 0 saturated carbocycles. The normalized spacial score (nSPS) is 10.5.